The molecule has 3 rings (SSSR count). The Morgan fingerprint density at radius 3 is 2.77 bits per heavy atom. The first-order valence-corrected chi connectivity index (χ1v) is 10.7. The van der Waals surface area contributed by atoms with E-state index < -0.39 is 11.2 Å². The smallest absolute Gasteiger partial charge is 0.155 e. The molecule has 2 aromatic rings. The van der Waals surface area contributed by atoms with E-state index in [0.717, 1.165) is 26.9 Å². The van der Waals surface area contributed by atoms with Crippen LogP contribution in [0.25, 0.3) is 0 Å². The lowest BCUT2D eigenvalue weighted by Gasteiger charge is -2.33. The number of allylic oxidation sites excluding steroid dienone is 1. The molecular formula is C20H20BrNO3S. The van der Waals surface area contributed by atoms with Crippen LogP contribution in [0.3, 0.4) is 0 Å². The molecule has 26 heavy (non-hydrogen) atoms. The van der Waals surface area contributed by atoms with Gasteiger partial charge in [0.25, 0.3) is 0 Å². The molecule has 0 bridgehead atoms. The second-order valence-corrected chi connectivity index (χ2v) is 8.50. The second-order valence-electron chi connectivity index (χ2n) is 6.24. The third-order valence-electron chi connectivity index (χ3n) is 4.49. The number of hydroxylamine groups is 2. The highest BCUT2D eigenvalue weighted by molar-refractivity contribution is 9.10. The average Bonchev–Trinajstić information content (AvgIpc) is 2.66. The Kier molecular flexibility index (Phi) is 6.57. The highest BCUT2D eigenvalue weighted by Gasteiger charge is 2.29. The predicted octanol–water partition coefficient (Wildman–Crippen LogP) is 4.21. The first kappa shape index (κ1) is 19.2. The molecule has 1 saturated heterocycles. The highest BCUT2D eigenvalue weighted by Crippen LogP contribution is 2.37. The van der Waals surface area contributed by atoms with Crippen LogP contribution >= 0.6 is 15.9 Å². The minimum absolute atomic E-state index is 0.124. The first-order chi connectivity index (χ1) is 12.6. The van der Waals surface area contributed by atoms with E-state index in [9.17, 15) is 9.35 Å². The molecule has 1 fully saturated rings. The fourth-order valence-corrected chi connectivity index (χ4v) is 4.37. The van der Waals surface area contributed by atoms with Gasteiger partial charge in [0.15, 0.2) is 4.90 Å². The van der Waals surface area contributed by atoms with E-state index in [0.29, 0.717) is 25.3 Å². The summed E-state index contributed by atoms with van der Waals surface area (Å²) < 4.78 is 13.0. The van der Waals surface area contributed by atoms with Crippen molar-refractivity contribution < 1.29 is 14.2 Å². The Labute approximate surface area is 165 Å². The van der Waals surface area contributed by atoms with Gasteiger partial charge >= 0.3 is 0 Å². The summed E-state index contributed by atoms with van der Waals surface area (Å²) in [6.07, 6.45) is 3.03. The maximum atomic E-state index is 12.1. The summed E-state index contributed by atoms with van der Waals surface area (Å²) in [5.74, 6) is 2.16. The summed E-state index contributed by atoms with van der Waals surface area (Å²) in [6.45, 7) is 1.02. The largest absolute Gasteiger partial charge is 0.612 e. The number of hydrogen-bond acceptors (Lipinski definition) is 4. The van der Waals surface area contributed by atoms with Crippen molar-refractivity contribution in [3.63, 3.8) is 0 Å². The number of nitrogens with zero attached hydrogens (tertiary/aromatic N) is 1. The van der Waals surface area contributed by atoms with Crippen LogP contribution in [-0.2, 0) is 27.4 Å². The topological polar surface area (TPSA) is 52.6 Å². The SMILES string of the molecule is C[S+]([O-])c1ccc(Br)cc1C1CCN(OCc2ccccc2)C(=C=O)C1. The average molecular weight is 434 g/mol. The molecule has 0 N–H and O–H groups in total. The molecule has 2 atom stereocenters. The van der Waals surface area contributed by atoms with Crippen LogP contribution in [0.1, 0.15) is 29.9 Å². The predicted molar refractivity (Wildman–Crippen MR) is 106 cm³/mol. The quantitative estimate of drug-likeness (QED) is 0.523. The molecule has 136 valence electrons. The maximum Gasteiger partial charge on any atom is 0.155 e. The zero-order valence-electron chi connectivity index (χ0n) is 14.5. The number of halogens is 1. The van der Waals surface area contributed by atoms with Crippen molar-refractivity contribution in [1.82, 2.24) is 5.06 Å². The van der Waals surface area contributed by atoms with Crippen molar-refractivity contribution in [2.24, 2.45) is 0 Å². The fourth-order valence-electron chi connectivity index (χ4n) is 3.17. The van der Waals surface area contributed by atoms with Crippen molar-refractivity contribution in [2.75, 3.05) is 12.8 Å². The van der Waals surface area contributed by atoms with E-state index in [4.69, 9.17) is 4.84 Å². The van der Waals surface area contributed by atoms with Gasteiger partial charge in [0.2, 0.25) is 0 Å². The summed E-state index contributed by atoms with van der Waals surface area (Å²) in [5.41, 5.74) is 2.58. The van der Waals surface area contributed by atoms with Gasteiger partial charge in [-0.05, 0) is 47.3 Å². The summed E-state index contributed by atoms with van der Waals surface area (Å²) in [5, 5.41) is 1.65. The standard InChI is InChI=1S/C20H20BrNO3S/c1-26(24)20-8-7-17(21)12-19(20)16-9-10-22(18(11-16)13-23)25-14-15-5-3-2-4-6-15/h2-8,12,16H,9-11,14H2,1H3. The molecule has 0 aromatic heterocycles. The molecule has 0 spiro atoms. The number of benzene rings is 2. The Bertz CT molecular complexity index is 806. The number of piperidine rings is 1. The van der Waals surface area contributed by atoms with Crippen molar-refractivity contribution in [2.45, 2.75) is 30.3 Å². The molecular weight excluding hydrogens is 414 g/mol. The van der Waals surface area contributed by atoms with Crippen LogP contribution in [0, 0.1) is 0 Å². The molecule has 0 radical (unpaired) electrons. The first-order valence-electron chi connectivity index (χ1n) is 8.39. The molecule has 0 saturated carbocycles. The molecule has 1 aliphatic heterocycles. The molecule has 2 aromatic carbocycles. The number of rotatable bonds is 5. The van der Waals surface area contributed by atoms with Crippen LogP contribution in [-0.4, -0.2) is 28.4 Å². The van der Waals surface area contributed by atoms with Crippen molar-refractivity contribution in [1.29, 1.82) is 0 Å². The van der Waals surface area contributed by atoms with Crippen LogP contribution in [0.15, 0.2) is 63.6 Å². The van der Waals surface area contributed by atoms with Gasteiger partial charge in [-0.1, -0.05) is 46.3 Å². The van der Waals surface area contributed by atoms with E-state index in [1.54, 1.807) is 11.3 Å². The molecule has 0 aliphatic carbocycles. The molecule has 1 aliphatic rings. The third-order valence-corrected chi connectivity index (χ3v) is 5.97. The van der Waals surface area contributed by atoms with E-state index >= 15 is 0 Å². The number of carbonyl (C=O) groups excluding carboxylic acids is 1. The second kappa shape index (κ2) is 8.89. The van der Waals surface area contributed by atoms with Crippen LogP contribution in [0.2, 0.25) is 0 Å². The van der Waals surface area contributed by atoms with Gasteiger partial charge in [-0.2, -0.15) is 0 Å². The van der Waals surface area contributed by atoms with Crippen molar-refractivity contribution in [3.8, 4) is 0 Å². The van der Waals surface area contributed by atoms with Gasteiger partial charge in [-0.3, -0.25) is 4.84 Å². The summed E-state index contributed by atoms with van der Waals surface area (Å²) in [7, 11) is 0. The maximum absolute atomic E-state index is 12.1. The van der Waals surface area contributed by atoms with E-state index in [1.165, 1.54) is 0 Å². The molecule has 2 unspecified atom stereocenters. The van der Waals surface area contributed by atoms with Crippen LogP contribution < -0.4 is 0 Å². The van der Waals surface area contributed by atoms with Crippen molar-refractivity contribution >= 4 is 33.0 Å². The summed E-state index contributed by atoms with van der Waals surface area (Å²) >= 11 is 2.41. The lowest BCUT2D eigenvalue weighted by atomic mass is 9.88. The summed E-state index contributed by atoms with van der Waals surface area (Å²) in [6, 6.07) is 15.6. The van der Waals surface area contributed by atoms with Gasteiger partial charge in [0.1, 0.15) is 17.9 Å². The van der Waals surface area contributed by atoms with Gasteiger partial charge in [0.05, 0.1) is 6.61 Å². The van der Waals surface area contributed by atoms with Gasteiger partial charge in [0, 0.05) is 23.0 Å². The Morgan fingerprint density at radius 1 is 1.31 bits per heavy atom. The van der Waals surface area contributed by atoms with Crippen LogP contribution in [0.5, 0.6) is 0 Å². The summed E-state index contributed by atoms with van der Waals surface area (Å²) in [4.78, 5) is 18.1. The lowest BCUT2D eigenvalue weighted by Crippen LogP contribution is -2.32. The number of hydrogen-bond donors (Lipinski definition) is 0. The van der Waals surface area contributed by atoms with E-state index in [-0.39, 0.29) is 5.92 Å². The lowest BCUT2D eigenvalue weighted by molar-refractivity contribution is -0.152. The molecule has 4 nitrogen and oxygen atoms in total. The van der Waals surface area contributed by atoms with E-state index in [1.807, 2.05) is 54.5 Å². The van der Waals surface area contributed by atoms with Gasteiger partial charge in [-0.25, -0.2) is 9.86 Å². The highest BCUT2D eigenvalue weighted by atomic mass is 79.9. The van der Waals surface area contributed by atoms with Crippen LogP contribution in [0.4, 0.5) is 0 Å². The fraction of sp³-hybridized carbons (Fsp3) is 0.300. The van der Waals surface area contributed by atoms with Gasteiger partial charge in [-0.15, -0.1) is 0 Å². The Morgan fingerprint density at radius 2 is 2.08 bits per heavy atom. The normalized spacial score (nSPS) is 18.5. The van der Waals surface area contributed by atoms with Crippen molar-refractivity contribution in [3.05, 3.63) is 69.8 Å². The third kappa shape index (κ3) is 4.58. The Balaban J connectivity index is 1.72. The minimum atomic E-state index is -1.07. The molecule has 0 amide bonds. The molecule has 6 heteroatoms. The van der Waals surface area contributed by atoms with E-state index in [2.05, 4.69) is 15.9 Å². The minimum Gasteiger partial charge on any atom is -0.612 e. The zero-order chi connectivity index (χ0) is 18.5. The van der Waals surface area contributed by atoms with Gasteiger partial charge < -0.3 is 4.55 Å². The monoisotopic (exact) mass is 433 g/mol. The zero-order valence-corrected chi connectivity index (χ0v) is 16.9. The Hall–Kier alpha value is -1.56. The molecule has 1 heterocycles.